The molecule has 1 aromatic carbocycles. The molecule has 1 amide bonds. The van der Waals surface area contributed by atoms with Gasteiger partial charge in [0.25, 0.3) is 0 Å². The molecule has 1 fully saturated rings. The van der Waals surface area contributed by atoms with Crippen LogP contribution in [0.1, 0.15) is 29.7 Å². The zero-order valence-corrected chi connectivity index (χ0v) is 20.4. The molecule has 158 valence electrons. The lowest BCUT2D eigenvalue weighted by Gasteiger charge is -2.19. The summed E-state index contributed by atoms with van der Waals surface area (Å²) in [5, 5.41) is 7.66. The van der Waals surface area contributed by atoms with Gasteiger partial charge in [-0.25, -0.2) is 0 Å². The second-order valence-corrected chi connectivity index (χ2v) is 7.57. The summed E-state index contributed by atoms with van der Waals surface area (Å²) >= 11 is 12.2. The van der Waals surface area contributed by atoms with E-state index < -0.39 is 0 Å². The van der Waals surface area contributed by atoms with Crippen molar-refractivity contribution in [3.63, 3.8) is 0 Å². The quantitative estimate of drug-likeness (QED) is 0.326. The molecule has 29 heavy (non-hydrogen) atoms. The Morgan fingerprint density at radius 3 is 2.45 bits per heavy atom. The Morgan fingerprint density at radius 1 is 1.17 bits per heavy atom. The maximum atomic E-state index is 11.9. The van der Waals surface area contributed by atoms with Crippen LogP contribution in [-0.4, -0.2) is 34.9 Å². The van der Waals surface area contributed by atoms with Crippen LogP contribution in [0.3, 0.4) is 0 Å². The van der Waals surface area contributed by atoms with Crippen LogP contribution in [-0.2, 0) is 31.5 Å². The minimum atomic E-state index is 0. The molecule has 3 rings (SSSR count). The van der Waals surface area contributed by atoms with Crippen molar-refractivity contribution in [3.8, 4) is 0 Å². The number of nitrogens with one attached hydrogen (secondary N) is 2. The second kappa shape index (κ2) is 11.1. The third kappa shape index (κ3) is 6.02. The molecule has 6 nitrogen and oxygen atoms in total. The van der Waals surface area contributed by atoms with Crippen LogP contribution in [0.25, 0.3) is 0 Å². The number of halogens is 3. The summed E-state index contributed by atoms with van der Waals surface area (Å²) in [7, 11) is 3.60. The molecule has 9 heteroatoms. The van der Waals surface area contributed by atoms with Crippen molar-refractivity contribution < 1.29 is 4.79 Å². The number of aliphatic imine (C=N–C) groups is 1. The van der Waals surface area contributed by atoms with E-state index in [1.165, 1.54) is 0 Å². The highest BCUT2D eigenvalue weighted by Crippen LogP contribution is 2.25. The summed E-state index contributed by atoms with van der Waals surface area (Å²) in [5.41, 5.74) is 3.27. The highest BCUT2D eigenvalue weighted by atomic mass is 127. The molecule has 2 heterocycles. The molecule has 0 bridgehead atoms. The minimum absolute atomic E-state index is 0. The Hall–Kier alpha value is -1.45. The maximum Gasteiger partial charge on any atom is 0.222 e. The van der Waals surface area contributed by atoms with E-state index in [-0.39, 0.29) is 29.9 Å². The predicted molar refractivity (Wildman–Crippen MR) is 129 cm³/mol. The van der Waals surface area contributed by atoms with E-state index in [4.69, 9.17) is 23.2 Å². The standard InChI is InChI=1S/C20H25Cl2N5O.HI/c1-23-20(25-12-16-10-17(21)19(22)26(16)2)24-11-14-6-3-4-7-15(14)13-27-9-5-8-18(27)28;/h3-4,6-7,10H,5,8-9,11-13H2,1-2H3,(H2,23,24,25);1H. The zero-order chi connectivity index (χ0) is 20.1. The first-order valence-corrected chi connectivity index (χ1v) is 10.0. The van der Waals surface area contributed by atoms with E-state index in [9.17, 15) is 4.79 Å². The third-order valence-electron chi connectivity index (χ3n) is 4.97. The number of hydrogen-bond acceptors (Lipinski definition) is 2. The zero-order valence-electron chi connectivity index (χ0n) is 16.5. The van der Waals surface area contributed by atoms with Gasteiger partial charge in [0.1, 0.15) is 5.15 Å². The van der Waals surface area contributed by atoms with Crippen LogP contribution in [0, 0.1) is 0 Å². The molecule has 0 saturated carbocycles. The monoisotopic (exact) mass is 549 g/mol. The lowest BCUT2D eigenvalue weighted by molar-refractivity contribution is -0.128. The summed E-state index contributed by atoms with van der Waals surface area (Å²) in [6.45, 7) is 2.66. The van der Waals surface area contributed by atoms with E-state index in [1.807, 2.05) is 34.7 Å². The number of aromatic nitrogens is 1. The topological polar surface area (TPSA) is 61.7 Å². The fraction of sp³-hybridized carbons (Fsp3) is 0.400. The van der Waals surface area contributed by atoms with Crippen molar-refractivity contribution in [1.29, 1.82) is 0 Å². The fourth-order valence-corrected chi connectivity index (χ4v) is 3.71. The molecule has 1 aliphatic rings. The Balaban J connectivity index is 0.00000300. The van der Waals surface area contributed by atoms with E-state index in [0.717, 1.165) is 29.8 Å². The number of carbonyl (C=O) groups is 1. The lowest BCUT2D eigenvalue weighted by atomic mass is 10.1. The van der Waals surface area contributed by atoms with Gasteiger partial charge in [0, 0.05) is 45.8 Å². The number of likely N-dealkylation sites (tertiary alicyclic amines) is 1. The number of hydrogen-bond donors (Lipinski definition) is 2. The maximum absolute atomic E-state index is 11.9. The van der Waals surface area contributed by atoms with E-state index >= 15 is 0 Å². The number of rotatable bonds is 6. The largest absolute Gasteiger partial charge is 0.352 e. The normalized spacial score (nSPS) is 14.1. The van der Waals surface area contributed by atoms with E-state index in [0.29, 0.717) is 42.2 Å². The number of amides is 1. The molecule has 1 saturated heterocycles. The highest BCUT2D eigenvalue weighted by Gasteiger charge is 2.20. The van der Waals surface area contributed by atoms with Gasteiger partial charge in [-0.1, -0.05) is 47.5 Å². The van der Waals surface area contributed by atoms with Gasteiger partial charge >= 0.3 is 0 Å². The summed E-state index contributed by atoms with van der Waals surface area (Å²) in [5.74, 6) is 0.917. The van der Waals surface area contributed by atoms with Gasteiger partial charge in [0.15, 0.2) is 5.96 Å². The second-order valence-electron chi connectivity index (χ2n) is 6.80. The van der Waals surface area contributed by atoms with Crippen molar-refractivity contribution in [2.75, 3.05) is 13.6 Å². The average molecular weight is 550 g/mol. The van der Waals surface area contributed by atoms with Gasteiger partial charge in [-0.15, -0.1) is 24.0 Å². The van der Waals surface area contributed by atoms with Crippen LogP contribution in [0.4, 0.5) is 0 Å². The summed E-state index contributed by atoms with van der Waals surface area (Å²) in [6.07, 6.45) is 1.60. The lowest BCUT2D eigenvalue weighted by Crippen LogP contribution is -2.37. The highest BCUT2D eigenvalue weighted by molar-refractivity contribution is 14.0. The van der Waals surface area contributed by atoms with Gasteiger partial charge in [0.2, 0.25) is 5.91 Å². The predicted octanol–water partition coefficient (Wildman–Crippen LogP) is 3.94. The Morgan fingerprint density at radius 2 is 1.86 bits per heavy atom. The van der Waals surface area contributed by atoms with Crippen molar-refractivity contribution in [2.45, 2.75) is 32.5 Å². The molecular weight excluding hydrogens is 524 g/mol. The van der Waals surface area contributed by atoms with Gasteiger partial charge in [-0.05, 0) is 23.6 Å². The van der Waals surface area contributed by atoms with Gasteiger partial charge in [-0.2, -0.15) is 0 Å². The Labute approximate surface area is 198 Å². The van der Waals surface area contributed by atoms with Gasteiger partial charge < -0.3 is 20.1 Å². The molecule has 0 spiro atoms. The molecule has 2 N–H and O–H groups in total. The van der Waals surface area contributed by atoms with Crippen molar-refractivity contribution in [3.05, 3.63) is 57.3 Å². The first kappa shape index (κ1) is 23.8. The van der Waals surface area contributed by atoms with Crippen LogP contribution in [0.15, 0.2) is 35.3 Å². The van der Waals surface area contributed by atoms with Crippen molar-refractivity contribution in [1.82, 2.24) is 20.1 Å². The molecule has 1 aromatic heterocycles. The summed E-state index contributed by atoms with van der Waals surface area (Å²) in [6, 6.07) is 10.0. The third-order valence-corrected chi connectivity index (χ3v) is 5.82. The van der Waals surface area contributed by atoms with Crippen molar-refractivity contribution in [2.24, 2.45) is 12.0 Å². The number of guanidine groups is 1. The summed E-state index contributed by atoms with van der Waals surface area (Å²) < 4.78 is 1.84. The smallest absolute Gasteiger partial charge is 0.222 e. The van der Waals surface area contributed by atoms with Crippen LogP contribution < -0.4 is 10.6 Å². The Bertz CT molecular complexity index is 884. The van der Waals surface area contributed by atoms with Crippen LogP contribution in [0.5, 0.6) is 0 Å². The van der Waals surface area contributed by atoms with E-state index in [1.54, 1.807) is 7.05 Å². The molecule has 0 atom stereocenters. The fourth-order valence-electron chi connectivity index (χ4n) is 3.29. The van der Waals surface area contributed by atoms with Crippen molar-refractivity contribution >= 4 is 59.0 Å². The molecule has 0 aliphatic carbocycles. The first-order chi connectivity index (χ1) is 13.5. The van der Waals surface area contributed by atoms with E-state index in [2.05, 4.69) is 27.8 Å². The number of nitrogens with zero attached hydrogens (tertiary/aromatic N) is 3. The van der Waals surface area contributed by atoms with Crippen LogP contribution in [0.2, 0.25) is 10.2 Å². The molecule has 0 radical (unpaired) electrons. The SMILES string of the molecule is CN=C(NCc1ccccc1CN1CCCC1=O)NCc1cc(Cl)c(Cl)n1C.I. The Kier molecular flexibility index (Phi) is 9.10. The van der Waals surface area contributed by atoms with Crippen LogP contribution >= 0.6 is 47.2 Å². The van der Waals surface area contributed by atoms with Gasteiger partial charge in [0.05, 0.1) is 11.6 Å². The number of carbonyl (C=O) groups excluding carboxylic acids is 1. The molecular formula is C20H26Cl2IN5O. The first-order valence-electron chi connectivity index (χ1n) is 9.28. The molecule has 0 unspecified atom stereocenters. The number of benzene rings is 1. The van der Waals surface area contributed by atoms with Gasteiger partial charge in [-0.3, -0.25) is 9.79 Å². The molecule has 1 aliphatic heterocycles. The average Bonchev–Trinajstić information content (AvgIpc) is 3.21. The molecule has 2 aromatic rings. The minimum Gasteiger partial charge on any atom is -0.352 e. The summed E-state index contributed by atoms with van der Waals surface area (Å²) in [4.78, 5) is 18.1.